The summed E-state index contributed by atoms with van der Waals surface area (Å²) >= 11 is 3.33. The second-order valence-electron chi connectivity index (χ2n) is 3.98. The molecule has 1 heterocycles. The lowest BCUT2D eigenvalue weighted by Gasteiger charge is -2.01. The molecule has 1 aromatic heterocycles. The van der Waals surface area contributed by atoms with Gasteiger partial charge >= 0.3 is 5.97 Å². The van der Waals surface area contributed by atoms with Gasteiger partial charge in [-0.25, -0.2) is 4.98 Å². The van der Waals surface area contributed by atoms with Crippen LogP contribution in [0.15, 0.2) is 28.9 Å². The van der Waals surface area contributed by atoms with Gasteiger partial charge in [0.05, 0.1) is 19.2 Å². The number of halogens is 1. The SMILES string of the molecule is COc1cccc(-c2nc(Br)c(CCC(=O)O)[nH]2)c1. The predicted octanol–water partition coefficient (Wildman–Crippen LogP) is 2.86. The van der Waals surface area contributed by atoms with Gasteiger partial charge in [0.1, 0.15) is 16.2 Å². The molecule has 2 rings (SSSR count). The molecule has 0 atom stereocenters. The molecule has 2 N–H and O–H groups in total. The fourth-order valence-electron chi connectivity index (χ4n) is 1.69. The topological polar surface area (TPSA) is 75.2 Å². The van der Waals surface area contributed by atoms with E-state index in [9.17, 15) is 4.79 Å². The van der Waals surface area contributed by atoms with Gasteiger partial charge in [-0.3, -0.25) is 4.79 Å². The first-order valence-electron chi connectivity index (χ1n) is 5.70. The third kappa shape index (κ3) is 3.35. The molecule has 0 spiro atoms. The number of nitrogens with zero attached hydrogens (tertiary/aromatic N) is 1. The number of methoxy groups -OCH3 is 1. The molecule has 0 bridgehead atoms. The van der Waals surface area contributed by atoms with Gasteiger partial charge in [0.15, 0.2) is 0 Å². The molecule has 100 valence electrons. The Bertz CT molecular complexity index is 595. The summed E-state index contributed by atoms with van der Waals surface area (Å²) in [7, 11) is 1.61. The van der Waals surface area contributed by atoms with E-state index < -0.39 is 5.97 Å². The van der Waals surface area contributed by atoms with E-state index in [-0.39, 0.29) is 6.42 Å². The molecule has 0 aliphatic carbocycles. The van der Waals surface area contributed by atoms with E-state index in [0.29, 0.717) is 16.8 Å². The largest absolute Gasteiger partial charge is 0.497 e. The van der Waals surface area contributed by atoms with Crippen molar-refractivity contribution in [1.82, 2.24) is 9.97 Å². The number of aromatic nitrogens is 2. The van der Waals surface area contributed by atoms with E-state index in [0.717, 1.165) is 17.0 Å². The number of aromatic amines is 1. The molecule has 1 aromatic carbocycles. The van der Waals surface area contributed by atoms with Crippen molar-refractivity contribution in [2.75, 3.05) is 7.11 Å². The summed E-state index contributed by atoms with van der Waals surface area (Å²) in [5, 5.41) is 8.69. The third-order valence-corrected chi connectivity index (χ3v) is 3.32. The lowest BCUT2D eigenvalue weighted by atomic mass is 10.2. The summed E-state index contributed by atoms with van der Waals surface area (Å²) in [5.41, 5.74) is 1.67. The number of ether oxygens (including phenoxy) is 1. The molecular formula is C13H13BrN2O3. The Labute approximate surface area is 118 Å². The molecule has 0 radical (unpaired) electrons. The first-order chi connectivity index (χ1) is 9.10. The Morgan fingerprint density at radius 2 is 2.32 bits per heavy atom. The number of carbonyl (C=O) groups is 1. The zero-order valence-electron chi connectivity index (χ0n) is 10.3. The standard InChI is InChI=1S/C13H13BrN2O3/c1-19-9-4-2-3-8(7-9)13-15-10(12(14)16-13)5-6-11(17)18/h2-4,7H,5-6H2,1H3,(H,15,16)(H,17,18). The minimum absolute atomic E-state index is 0.0678. The maximum absolute atomic E-state index is 10.6. The second-order valence-corrected chi connectivity index (χ2v) is 4.73. The van der Waals surface area contributed by atoms with Gasteiger partial charge in [0.25, 0.3) is 0 Å². The van der Waals surface area contributed by atoms with E-state index in [4.69, 9.17) is 9.84 Å². The number of nitrogens with one attached hydrogen (secondary N) is 1. The zero-order chi connectivity index (χ0) is 13.8. The minimum atomic E-state index is -0.829. The molecule has 0 aliphatic heterocycles. The minimum Gasteiger partial charge on any atom is -0.497 e. The van der Waals surface area contributed by atoms with Crippen molar-refractivity contribution in [2.24, 2.45) is 0 Å². The maximum Gasteiger partial charge on any atom is 0.303 e. The van der Waals surface area contributed by atoms with Crippen LogP contribution < -0.4 is 4.74 Å². The predicted molar refractivity (Wildman–Crippen MR) is 74.2 cm³/mol. The number of hydrogen-bond acceptors (Lipinski definition) is 3. The van der Waals surface area contributed by atoms with Gasteiger partial charge in [-0.1, -0.05) is 12.1 Å². The molecule has 0 saturated heterocycles. The number of hydrogen-bond donors (Lipinski definition) is 2. The maximum atomic E-state index is 10.6. The molecule has 0 amide bonds. The quantitative estimate of drug-likeness (QED) is 0.886. The number of carboxylic acid groups (broad SMARTS) is 1. The molecule has 5 nitrogen and oxygen atoms in total. The summed E-state index contributed by atoms with van der Waals surface area (Å²) in [5.74, 6) is 0.604. The highest BCUT2D eigenvalue weighted by molar-refractivity contribution is 9.10. The first kappa shape index (κ1) is 13.6. The van der Waals surface area contributed by atoms with Crippen LogP contribution in [0.1, 0.15) is 12.1 Å². The van der Waals surface area contributed by atoms with E-state index in [1.54, 1.807) is 7.11 Å². The van der Waals surface area contributed by atoms with Crippen molar-refractivity contribution >= 4 is 21.9 Å². The van der Waals surface area contributed by atoms with E-state index in [1.165, 1.54) is 0 Å². The number of H-pyrrole nitrogens is 1. The second kappa shape index (κ2) is 5.88. The summed E-state index contributed by atoms with van der Waals surface area (Å²) in [6.45, 7) is 0. The summed E-state index contributed by atoms with van der Waals surface area (Å²) < 4.78 is 5.81. The number of benzene rings is 1. The normalized spacial score (nSPS) is 10.4. The van der Waals surface area contributed by atoms with Gasteiger partial charge in [0.2, 0.25) is 0 Å². The van der Waals surface area contributed by atoms with Crippen LogP contribution >= 0.6 is 15.9 Å². The fraction of sp³-hybridized carbons (Fsp3) is 0.231. The van der Waals surface area contributed by atoms with Crippen LogP contribution in [0.2, 0.25) is 0 Å². The molecule has 0 unspecified atom stereocenters. The van der Waals surface area contributed by atoms with Crippen molar-refractivity contribution in [3.8, 4) is 17.1 Å². The van der Waals surface area contributed by atoms with Crippen LogP contribution in [-0.4, -0.2) is 28.2 Å². The number of imidazole rings is 1. The zero-order valence-corrected chi connectivity index (χ0v) is 11.9. The van der Waals surface area contributed by atoms with Gasteiger partial charge in [-0.05, 0) is 28.1 Å². The van der Waals surface area contributed by atoms with Crippen LogP contribution in [0.25, 0.3) is 11.4 Å². The van der Waals surface area contributed by atoms with Crippen LogP contribution in [0.4, 0.5) is 0 Å². The lowest BCUT2D eigenvalue weighted by molar-refractivity contribution is -0.136. The molecule has 19 heavy (non-hydrogen) atoms. The van der Waals surface area contributed by atoms with Crippen LogP contribution in [-0.2, 0) is 11.2 Å². The number of carboxylic acids is 1. The smallest absolute Gasteiger partial charge is 0.303 e. The van der Waals surface area contributed by atoms with E-state index in [2.05, 4.69) is 25.9 Å². The van der Waals surface area contributed by atoms with Gasteiger partial charge < -0.3 is 14.8 Å². The van der Waals surface area contributed by atoms with Crippen LogP contribution in [0.3, 0.4) is 0 Å². The van der Waals surface area contributed by atoms with Crippen molar-refractivity contribution in [2.45, 2.75) is 12.8 Å². The Kier molecular flexibility index (Phi) is 4.21. The van der Waals surface area contributed by atoms with E-state index in [1.807, 2.05) is 24.3 Å². The van der Waals surface area contributed by atoms with Gasteiger partial charge in [0, 0.05) is 12.0 Å². The Balaban J connectivity index is 2.25. The number of aryl methyl sites for hydroxylation is 1. The molecular weight excluding hydrogens is 312 g/mol. The third-order valence-electron chi connectivity index (χ3n) is 2.66. The monoisotopic (exact) mass is 324 g/mol. The summed E-state index contributed by atoms with van der Waals surface area (Å²) in [6.07, 6.45) is 0.477. The Hall–Kier alpha value is -1.82. The Morgan fingerprint density at radius 1 is 1.53 bits per heavy atom. The summed E-state index contributed by atoms with van der Waals surface area (Å²) in [4.78, 5) is 18.1. The Morgan fingerprint density at radius 3 is 3.00 bits per heavy atom. The van der Waals surface area contributed by atoms with Gasteiger partial charge in [-0.15, -0.1) is 0 Å². The van der Waals surface area contributed by atoms with E-state index >= 15 is 0 Å². The van der Waals surface area contributed by atoms with Crippen molar-refractivity contribution in [3.63, 3.8) is 0 Å². The first-order valence-corrected chi connectivity index (χ1v) is 6.50. The van der Waals surface area contributed by atoms with Crippen molar-refractivity contribution in [3.05, 3.63) is 34.6 Å². The highest BCUT2D eigenvalue weighted by Gasteiger charge is 2.11. The highest BCUT2D eigenvalue weighted by Crippen LogP contribution is 2.25. The van der Waals surface area contributed by atoms with Gasteiger partial charge in [-0.2, -0.15) is 0 Å². The fourth-order valence-corrected chi connectivity index (χ4v) is 2.17. The molecule has 0 aliphatic rings. The van der Waals surface area contributed by atoms with Crippen molar-refractivity contribution in [1.29, 1.82) is 0 Å². The average molecular weight is 325 g/mol. The average Bonchev–Trinajstić information content (AvgIpc) is 2.78. The van der Waals surface area contributed by atoms with Crippen LogP contribution in [0.5, 0.6) is 5.75 Å². The number of aliphatic carboxylic acids is 1. The molecule has 2 aromatic rings. The molecule has 6 heteroatoms. The molecule has 0 saturated carbocycles. The van der Waals surface area contributed by atoms with Crippen molar-refractivity contribution < 1.29 is 14.6 Å². The van der Waals surface area contributed by atoms with Crippen LogP contribution in [0, 0.1) is 0 Å². The number of rotatable bonds is 5. The summed E-state index contributed by atoms with van der Waals surface area (Å²) in [6, 6.07) is 7.51. The molecule has 0 fully saturated rings. The highest BCUT2D eigenvalue weighted by atomic mass is 79.9. The lowest BCUT2D eigenvalue weighted by Crippen LogP contribution is -1.98.